The number of carbonyl (C=O) groups is 2. The van der Waals surface area contributed by atoms with Gasteiger partial charge in [-0.1, -0.05) is 41.7 Å². The lowest BCUT2D eigenvalue weighted by Gasteiger charge is -2.10. The van der Waals surface area contributed by atoms with Crippen LogP contribution in [-0.4, -0.2) is 29.1 Å². The summed E-state index contributed by atoms with van der Waals surface area (Å²) in [5, 5.41) is 14.5. The summed E-state index contributed by atoms with van der Waals surface area (Å²) in [5.74, 6) is 0.847. The van der Waals surface area contributed by atoms with Crippen LogP contribution in [0.5, 0.6) is 11.5 Å². The summed E-state index contributed by atoms with van der Waals surface area (Å²) < 4.78 is 11.0. The summed E-state index contributed by atoms with van der Waals surface area (Å²) in [6.07, 6.45) is 0. The molecule has 9 heteroatoms. The number of rotatable bonds is 9. The third-order valence-electron chi connectivity index (χ3n) is 5.05. The van der Waals surface area contributed by atoms with Gasteiger partial charge in [0.25, 0.3) is 11.8 Å². The first kappa shape index (κ1) is 23.9. The fourth-order valence-electron chi connectivity index (χ4n) is 3.27. The summed E-state index contributed by atoms with van der Waals surface area (Å²) in [7, 11) is 1.59. The highest BCUT2D eigenvalue weighted by Gasteiger charge is 2.14. The SMILES string of the molecule is COc1ccccc1CNC(=O)c1ccc(NC(=O)c2nnc(COc3cccc(C)c3)s2)cc1. The fourth-order valence-corrected chi connectivity index (χ4v) is 3.92. The lowest BCUT2D eigenvalue weighted by atomic mass is 10.1. The van der Waals surface area contributed by atoms with Gasteiger partial charge in [0.05, 0.1) is 7.11 Å². The van der Waals surface area contributed by atoms with Crippen LogP contribution in [0.3, 0.4) is 0 Å². The maximum absolute atomic E-state index is 12.5. The number of hydrogen-bond acceptors (Lipinski definition) is 7. The molecule has 0 unspecified atom stereocenters. The molecule has 2 N–H and O–H groups in total. The number of hydrogen-bond donors (Lipinski definition) is 2. The number of anilines is 1. The Hall–Kier alpha value is -4.24. The molecule has 0 radical (unpaired) electrons. The first-order valence-corrected chi connectivity index (χ1v) is 11.7. The third kappa shape index (κ3) is 6.42. The van der Waals surface area contributed by atoms with E-state index in [1.54, 1.807) is 31.4 Å². The normalized spacial score (nSPS) is 10.5. The molecule has 0 saturated heterocycles. The second-order valence-electron chi connectivity index (χ2n) is 7.63. The molecule has 0 aliphatic heterocycles. The van der Waals surface area contributed by atoms with Gasteiger partial charge >= 0.3 is 0 Å². The second-order valence-corrected chi connectivity index (χ2v) is 8.69. The highest BCUT2D eigenvalue weighted by molar-refractivity contribution is 7.13. The largest absolute Gasteiger partial charge is 0.496 e. The average molecular weight is 489 g/mol. The Morgan fingerprint density at radius 1 is 0.943 bits per heavy atom. The Labute approximate surface area is 206 Å². The van der Waals surface area contributed by atoms with Crippen LogP contribution in [-0.2, 0) is 13.2 Å². The second kappa shape index (κ2) is 11.3. The number of carbonyl (C=O) groups excluding carboxylic acids is 2. The lowest BCUT2D eigenvalue weighted by Crippen LogP contribution is -2.23. The van der Waals surface area contributed by atoms with Crippen molar-refractivity contribution in [2.45, 2.75) is 20.1 Å². The molecule has 1 heterocycles. The maximum atomic E-state index is 12.5. The Bertz CT molecular complexity index is 1320. The van der Waals surface area contributed by atoms with E-state index in [0.717, 1.165) is 16.9 Å². The molecule has 2 amide bonds. The first-order valence-electron chi connectivity index (χ1n) is 10.8. The summed E-state index contributed by atoms with van der Waals surface area (Å²) in [4.78, 5) is 25.0. The minimum absolute atomic E-state index is 0.226. The van der Waals surface area contributed by atoms with Gasteiger partial charge in [0.1, 0.15) is 18.1 Å². The van der Waals surface area contributed by atoms with E-state index < -0.39 is 0 Å². The zero-order chi connectivity index (χ0) is 24.6. The molecular formula is C26H24N4O4S. The van der Waals surface area contributed by atoms with Crippen molar-refractivity contribution in [1.29, 1.82) is 0 Å². The summed E-state index contributed by atoms with van der Waals surface area (Å²) in [5.41, 5.74) is 3.00. The highest BCUT2D eigenvalue weighted by Crippen LogP contribution is 2.19. The molecule has 0 bridgehead atoms. The van der Waals surface area contributed by atoms with E-state index in [0.29, 0.717) is 28.6 Å². The minimum atomic E-state index is -0.377. The van der Waals surface area contributed by atoms with Gasteiger partial charge in [0, 0.05) is 23.4 Å². The van der Waals surface area contributed by atoms with Gasteiger partial charge in [0.15, 0.2) is 5.01 Å². The smallest absolute Gasteiger partial charge is 0.286 e. The zero-order valence-electron chi connectivity index (χ0n) is 19.3. The molecule has 1 aromatic heterocycles. The van der Waals surface area contributed by atoms with E-state index in [-0.39, 0.29) is 23.4 Å². The van der Waals surface area contributed by atoms with Crippen LogP contribution in [0.2, 0.25) is 0 Å². The quantitative estimate of drug-likeness (QED) is 0.357. The van der Waals surface area contributed by atoms with Crippen molar-refractivity contribution in [3.05, 3.63) is 99.5 Å². The summed E-state index contributed by atoms with van der Waals surface area (Å²) >= 11 is 1.17. The Morgan fingerprint density at radius 2 is 1.74 bits per heavy atom. The Kier molecular flexibility index (Phi) is 7.69. The van der Waals surface area contributed by atoms with E-state index in [1.807, 2.05) is 55.5 Å². The van der Waals surface area contributed by atoms with Crippen LogP contribution in [0.25, 0.3) is 0 Å². The van der Waals surface area contributed by atoms with Crippen molar-refractivity contribution in [2.24, 2.45) is 0 Å². The van der Waals surface area contributed by atoms with E-state index in [1.165, 1.54) is 11.3 Å². The van der Waals surface area contributed by atoms with Crippen LogP contribution >= 0.6 is 11.3 Å². The molecule has 3 aromatic carbocycles. The standard InChI is InChI=1S/C26H24N4O4S/c1-17-6-5-8-21(14-17)34-16-23-29-30-26(35-23)25(32)28-20-12-10-18(11-13-20)24(31)27-15-19-7-3-4-9-22(19)33-2/h3-14H,15-16H2,1-2H3,(H,27,31)(H,28,32). The molecule has 0 saturated carbocycles. The number of ether oxygens (including phenoxy) is 2. The van der Waals surface area contributed by atoms with E-state index in [2.05, 4.69) is 20.8 Å². The predicted octanol–water partition coefficient (Wildman–Crippen LogP) is 4.62. The van der Waals surface area contributed by atoms with Crippen molar-refractivity contribution in [2.75, 3.05) is 12.4 Å². The fraction of sp³-hybridized carbons (Fsp3) is 0.154. The van der Waals surface area contributed by atoms with E-state index in [9.17, 15) is 9.59 Å². The first-order chi connectivity index (χ1) is 17.0. The number of aryl methyl sites for hydroxylation is 1. The molecule has 35 heavy (non-hydrogen) atoms. The lowest BCUT2D eigenvalue weighted by molar-refractivity contribution is 0.0950. The number of nitrogens with zero attached hydrogens (tertiary/aromatic N) is 2. The van der Waals surface area contributed by atoms with Gasteiger partial charge in [-0.25, -0.2) is 0 Å². The summed E-state index contributed by atoms with van der Waals surface area (Å²) in [6.45, 7) is 2.56. The van der Waals surface area contributed by atoms with Crippen molar-refractivity contribution in [3.63, 3.8) is 0 Å². The van der Waals surface area contributed by atoms with E-state index in [4.69, 9.17) is 9.47 Å². The molecule has 0 atom stereocenters. The average Bonchev–Trinajstić information content (AvgIpc) is 3.36. The van der Waals surface area contributed by atoms with Crippen LogP contribution in [0, 0.1) is 6.92 Å². The maximum Gasteiger partial charge on any atom is 0.286 e. The Balaban J connectivity index is 1.29. The van der Waals surface area contributed by atoms with Crippen molar-refractivity contribution < 1.29 is 19.1 Å². The van der Waals surface area contributed by atoms with Crippen LogP contribution < -0.4 is 20.1 Å². The van der Waals surface area contributed by atoms with Gasteiger partial charge in [-0.05, 0) is 55.0 Å². The van der Waals surface area contributed by atoms with Gasteiger partial charge in [-0.3, -0.25) is 9.59 Å². The van der Waals surface area contributed by atoms with Crippen LogP contribution in [0.15, 0.2) is 72.8 Å². The number of methoxy groups -OCH3 is 1. The molecule has 178 valence electrons. The van der Waals surface area contributed by atoms with Crippen LogP contribution in [0.1, 0.15) is 36.3 Å². The molecule has 0 spiro atoms. The Morgan fingerprint density at radius 3 is 2.51 bits per heavy atom. The topological polar surface area (TPSA) is 102 Å². The highest BCUT2D eigenvalue weighted by atomic mass is 32.1. The third-order valence-corrected chi connectivity index (χ3v) is 5.95. The molecule has 8 nitrogen and oxygen atoms in total. The molecule has 4 rings (SSSR count). The molecule has 0 aliphatic rings. The molecule has 0 fully saturated rings. The van der Waals surface area contributed by atoms with Gasteiger partial charge < -0.3 is 20.1 Å². The number of nitrogens with one attached hydrogen (secondary N) is 2. The molecule has 0 aliphatic carbocycles. The predicted molar refractivity (Wildman–Crippen MR) is 134 cm³/mol. The van der Waals surface area contributed by atoms with Crippen molar-refractivity contribution in [3.8, 4) is 11.5 Å². The molecule has 4 aromatic rings. The van der Waals surface area contributed by atoms with Gasteiger partial charge in [-0.2, -0.15) is 0 Å². The van der Waals surface area contributed by atoms with Crippen LogP contribution in [0.4, 0.5) is 5.69 Å². The summed E-state index contributed by atoms with van der Waals surface area (Å²) in [6, 6.07) is 21.8. The van der Waals surface area contributed by atoms with Gasteiger partial charge in [-0.15, -0.1) is 10.2 Å². The minimum Gasteiger partial charge on any atom is -0.496 e. The number of aromatic nitrogens is 2. The zero-order valence-corrected chi connectivity index (χ0v) is 20.1. The number of para-hydroxylation sites is 1. The van der Waals surface area contributed by atoms with E-state index >= 15 is 0 Å². The van der Waals surface area contributed by atoms with Gasteiger partial charge in [0.2, 0.25) is 5.01 Å². The number of benzene rings is 3. The number of amides is 2. The molecular weight excluding hydrogens is 464 g/mol. The monoisotopic (exact) mass is 488 g/mol. The van der Waals surface area contributed by atoms with Crippen molar-refractivity contribution >= 4 is 28.8 Å². The van der Waals surface area contributed by atoms with Crippen molar-refractivity contribution in [1.82, 2.24) is 15.5 Å².